The van der Waals surface area contributed by atoms with Crippen molar-refractivity contribution in [3.8, 4) is 11.5 Å². The molecule has 1 unspecified atom stereocenters. The quantitative estimate of drug-likeness (QED) is 0.920. The number of pyridine rings is 1. The maximum Gasteiger partial charge on any atom is 0.127 e. The van der Waals surface area contributed by atoms with Crippen LogP contribution in [0.1, 0.15) is 17.3 Å². The van der Waals surface area contributed by atoms with Crippen molar-refractivity contribution >= 4 is 11.6 Å². The van der Waals surface area contributed by atoms with E-state index in [1.807, 2.05) is 37.4 Å². The van der Waals surface area contributed by atoms with Gasteiger partial charge < -0.3 is 14.8 Å². The van der Waals surface area contributed by atoms with E-state index < -0.39 is 0 Å². The standard InChI is InChI=1S/C15H17ClN2O2/c1-17-14(15-12(16)5-4-8-18-15)11-7-6-10(19-2)9-13(11)20-3/h4-9,14,17H,1-3H3. The molecule has 1 atom stereocenters. The summed E-state index contributed by atoms with van der Waals surface area (Å²) in [4.78, 5) is 4.36. The Balaban J connectivity index is 2.49. The van der Waals surface area contributed by atoms with Gasteiger partial charge in [0, 0.05) is 17.8 Å². The molecule has 0 aliphatic rings. The molecule has 1 aromatic carbocycles. The van der Waals surface area contributed by atoms with Crippen LogP contribution < -0.4 is 14.8 Å². The lowest BCUT2D eigenvalue weighted by Gasteiger charge is -2.20. The van der Waals surface area contributed by atoms with Gasteiger partial charge >= 0.3 is 0 Å². The molecule has 0 aliphatic heterocycles. The fourth-order valence-electron chi connectivity index (χ4n) is 2.11. The molecule has 0 spiro atoms. The first-order valence-corrected chi connectivity index (χ1v) is 6.58. The SMILES string of the molecule is CNC(c1ccc(OC)cc1OC)c1ncccc1Cl. The summed E-state index contributed by atoms with van der Waals surface area (Å²) in [5.41, 5.74) is 1.72. The minimum Gasteiger partial charge on any atom is -0.497 e. The van der Waals surface area contributed by atoms with Gasteiger partial charge in [-0.2, -0.15) is 0 Å². The van der Waals surface area contributed by atoms with Gasteiger partial charge in [0.15, 0.2) is 0 Å². The third-order valence-corrected chi connectivity index (χ3v) is 3.42. The van der Waals surface area contributed by atoms with E-state index in [0.717, 1.165) is 22.8 Å². The van der Waals surface area contributed by atoms with Crippen molar-refractivity contribution in [3.63, 3.8) is 0 Å². The Kier molecular flexibility index (Phi) is 4.82. The van der Waals surface area contributed by atoms with Crippen molar-refractivity contribution < 1.29 is 9.47 Å². The van der Waals surface area contributed by atoms with Gasteiger partial charge in [-0.15, -0.1) is 0 Å². The summed E-state index contributed by atoms with van der Waals surface area (Å²) in [7, 11) is 5.12. The van der Waals surface area contributed by atoms with Crippen LogP contribution in [0.3, 0.4) is 0 Å². The Morgan fingerprint density at radius 1 is 1.20 bits per heavy atom. The summed E-state index contributed by atoms with van der Waals surface area (Å²) in [5, 5.41) is 3.84. The average Bonchev–Trinajstić information content (AvgIpc) is 2.50. The first-order valence-electron chi connectivity index (χ1n) is 6.20. The van der Waals surface area contributed by atoms with Gasteiger partial charge in [-0.1, -0.05) is 11.6 Å². The molecular weight excluding hydrogens is 276 g/mol. The molecule has 1 aromatic heterocycles. The topological polar surface area (TPSA) is 43.4 Å². The Morgan fingerprint density at radius 2 is 2.00 bits per heavy atom. The van der Waals surface area contributed by atoms with E-state index in [-0.39, 0.29) is 6.04 Å². The van der Waals surface area contributed by atoms with Crippen LogP contribution in [0.4, 0.5) is 0 Å². The zero-order chi connectivity index (χ0) is 14.5. The molecule has 0 radical (unpaired) electrons. The first kappa shape index (κ1) is 14.6. The number of nitrogens with zero attached hydrogens (tertiary/aromatic N) is 1. The van der Waals surface area contributed by atoms with Gasteiger partial charge in [0.25, 0.3) is 0 Å². The van der Waals surface area contributed by atoms with Crippen molar-refractivity contribution in [2.75, 3.05) is 21.3 Å². The van der Waals surface area contributed by atoms with Crippen LogP contribution in [0.5, 0.6) is 11.5 Å². The van der Waals surface area contributed by atoms with Gasteiger partial charge in [0.1, 0.15) is 11.5 Å². The average molecular weight is 293 g/mol. The van der Waals surface area contributed by atoms with Crippen LogP contribution in [0, 0.1) is 0 Å². The van der Waals surface area contributed by atoms with Crippen LogP contribution in [-0.4, -0.2) is 26.3 Å². The minimum absolute atomic E-state index is 0.149. The molecule has 1 N–H and O–H groups in total. The number of halogens is 1. The number of aromatic nitrogens is 1. The maximum atomic E-state index is 6.23. The lowest BCUT2D eigenvalue weighted by molar-refractivity contribution is 0.388. The zero-order valence-electron chi connectivity index (χ0n) is 11.7. The smallest absolute Gasteiger partial charge is 0.127 e. The molecule has 0 saturated heterocycles. The first-order chi connectivity index (χ1) is 9.71. The van der Waals surface area contributed by atoms with E-state index in [2.05, 4.69) is 10.3 Å². The van der Waals surface area contributed by atoms with Crippen molar-refractivity contribution in [3.05, 3.63) is 52.8 Å². The molecule has 5 heteroatoms. The predicted octanol–water partition coefficient (Wildman–Crippen LogP) is 3.06. The molecule has 1 heterocycles. The summed E-state index contributed by atoms with van der Waals surface area (Å²) in [6.45, 7) is 0. The third-order valence-electron chi connectivity index (χ3n) is 3.10. The largest absolute Gasteiger partial charge is 0.497 e. The molecule has 4 nitrogen and oxygen atoms in total. The number of hydrogen-bond donors (Lipinski definition) is 1. The molecule has 20 heavy (non-hydrogen) atoms. The molecule has 0 fully saturated rings. The number of rotatable bonds is 5. The summed E-state index contributed by atoms with van der Waals surface area (Å²) >= 11 is 6.23. The fourth-order valence-corrected chi connectivity index (χ4v) is 2.34. The van der Waals surface area contributed by atoms with Crippen molar-refractivity contribution in [2.45, 2.75) is 6.04 Å². The van der Waals surface area contributed by atoms with Crippen LogP contribution in [0.2, 0.25) is 5.02 Å². The highest BCUT2D eigenvalue weighted by molar-refractivity contribution is 6.31. The number of ether oxygens (including phenoxy) is 2. The highest BCUT2D eigenvalue weighted by Gasteiger charge is 2.20. The summed E-state index contributed by atoms with van der Waals surface area (Å²) in [6.07, 6.45) is 1.72. The summed E-state index contributed by atoms with van der Waals surface area (Å²) < 4.78 is 10.7. The maximum absolute atomic E-state index is 6.23. The molecule has 0 amide bonds. The highest BCUT2D eigenvalue weighted by atomic mass is 35.5. The lowest BCUT2D eigenvalue weighted by Crippen LogP contribution is -2.20. The van der Waals surface area contributed by atoms with Crippen LogP contribution in [0.25, 0.3) is 0 Å². The molecule has 2 aromatic rings. The minimum atomic E-state index is -0.149. The number of benzene rings is 1. The van der Waals surface area contributed by atoms with E-state index in [9.17, 15) is 0 Å². The predicted molar refractivity (Wildman–Crippen MR) is 79.7 cm³/mol. The molecule has 106 valence electrons. The lowest BCUT2D eigenvalue weighted by atomic mass is 10.0. The second kappa shape index (κ2) is 6.59. The Morgan fingerprint density at radius 3 is 2.60 bits per heavy atom. The fraction of sp³-hybridized carbons (Fsp3) is 0.267. The van der Waals surface area contributed by atoms with Crippen molar-refractivity contribution in [1.82, 2.24) is 10.3 Å². The van der Waals surface area contributed by atoms with Crippen molar-refractivity contribution in [1.29, 1.82) is 0 Å². The van der Waals surface area contributed by atoms with Crippen LogP contribution in [0.15, 0.2) is 36.5 Å². The second-order valence-corrected chi connectivity index (χ2v) is 4.61. The van der Waals surface area contributed by atoms with Gasteiger partial charge in [-0.05, 0) is 31.3 Å². The molecule has 0 saturated carbocycles. The molecule has 0 aliphatic carbocycles. The molecule has 2 rings (SSSR count). The number of nitrogens with one attached hydrogen (secondary N) is 1. The second-order valence-electron chi connectivity index (χ2n) is 4.20. The Bertz CT molecular complexity index is 590. The summed E-state index contributed by atoms with van der Waals surface area (Å²) in [6, 6.07) is 9.16. The highest BCUT2D eigenvalue weighted by Crippen LogP contribution is 2.34. The number of methoxy groups -OCH3 is 2. The van der Waals surface area contributed by atoms with E-state index >= 15 is 0 Å². The number of hydrogen-bond acceptors (Lipinski definition) is 4. The van der Waals surface area contributed by atoms with Crippen LogP contribution in [-0.2, 0) is 0 Å². The molecule has 0 bridgehead atoms. The van der Waals surface area contributed by atoms with E-state index in [0.29, 0.717) is 5.02 Å². The van der Waals surface area contributed by atoms with Gasteiger partial charge in [-0.3, -0.25) is 4.98 Å². The van der Waals surface area contributed by atoms with Crippen LogP contribution >= 0.6 is 11.6 Å². The molecular formula is C15H17ClN2O2. The normalized spacial score (nSPS) is 12.0. The van der Waals surface area contributed by atoms with Gasteiger partial charge in [-0.25, -0.2) is 0 Å². The Hall–Kier alpha value is -1.78. The Labute approximate surface area is 123 Å². The van der Waals surface area contributed by atoms with E-state index in [4.69, 9.17) is 21.1 Å². The van der Waals surface area contributed by atoms with Gasteiger partial charge in [0.05, 0.1) is 31.0 Å². The van der Waals surface area contributed by atoms with E-state index in [1.54, 1.807) is 20.4 Å². The van der Waals surface area contributed by atoms with Gasteiger partial charge in [0.2, 0.25) is 0 Å². The van der Waals surface area contributed by atoms with E-state index in [1.165, 1.54) is 0 Å². The van der Waals surface area contributed by atoms with Crippen molar-refractivity contribution in [2.24, 2.45) is 0 Å². The monoisotopic (exact) mass is 292 g/mol. The zero-order valence-corrected chi connectivity index (χ0v) is 12.4. The third kappa shape index (κ3) is 2.86. The summed E-state index contributed by atoms with van der Waals surface area (Å²) in [5.74, 6) is 1.47.